The molecule has 0 bridgehead atoms. The highest BCUT2D eigenvalue weighted by molar-refractivity contribution is 5.89. The Morgan fingerprint density at radius 3 is 2.90 bits per heavy atom. The van der Waals surface area contributed by atoms with E-state index < -0.39 is 0 Å². The number of nitrogens with zero attached hydrogens (tertiary/aromatic N) is 4. The van der Waals surface area contributed by atoms with Crippen LogP contribution in [0.15, 0.2) is 18.6 Å². The predicted octanol–water partition coefficient (Wildman–Crippen LogP) is -0.0654. The van der Waals surface area contributed by atoms with Crippen molar-refractivity contribution >= 4 is 11.8 Å². The first-order valence-corrected chi connectivity index (χ1v) is 7.09. The van der Waals surface area contributed by atoms with Crippen LogP contribution in [0.3, 0.4) is 0 Å². The molecule has 2 saturated heterocycles. The van der Waals surface area contributed by atoms with Crippen molar-refractivity contribution in [1.29, 1.82) is 0 Å². The summed E-state index contributed by atoms with van der Waals surface area (Å²) < 4.78 is 5.72. The van der Waals surface area contributed by atoms with Gasteiger partial charge in [-0.15, -0.1) is 0 Å². The number of hydrogen-bond donors (Lipinski definition) is 0. The predicted molar refractivity (Wildman–Crippen MR) is 73.4 cm³/mol. The molecule has 2 atom stereocenters. The van der Waals surface area contributed by atoms with Crippen LogP contribution in [0.25, 0.3) is 0 Å². The normalized spacial score (nSPS) is 25.5. The van der Waals surface area contributed by atoms with Gasteiger partial charge in [-0.2, -0.15) is 0 Å². The van der Waals surface area contributed by atoms with Crippen LogP contribution in [-0.4, -0.2) is 64.4 Å². The van der Waals surface area contributed by atoms with Gasteiger partial charge >= 0.3 is 0 Å². The molecule has 112 valence electrons. The highest BCUT2D eigenvalue weighted by Gasteiger charge is 2.37. The summed E-state index contributed by atoms with van der Waals surface area (Å²) in [5.74, 6) is 0.364. The lowest BCUT2D eigenvalue weighted by atomic mass is 10.1. The van der Waals surface area contributed by atoms with Gasteiger partial charge in [0.25, 0.3) is 0 Å². The van der Waals surface area contributed by atoms with Gasteiger partial charge in [-0.1, -0.05) is 0 Å². The fourth-order valence-corrected chi connectivity index (χ4v) is 2.83. The number of carbonyl (C=O) groups excluding carboxylic acids is 2. The summed E-state index contributed by atoms with van der Waals surface area (Å²) in [6.45, 7) is 1.73. The van der Waals surface area contributed by atoms with E-state index in [1.807, 2.05) is 0 Å². The molecule has 21 heavy (non-hydrogen) atoms. The summed E-state index contributed by atoms with van der Waals surface area (Å²) in [6.07, 6.45) is 5.77. The molecule has 0 saturated carbocycles. The fourth-order valence-electron chi connectivity index (χ4n) is 2.83. The molecule has 3 heterocycles. The molecular weight excluding hydrogens is 272 g/mol. The second kappa shape index (κ2) is 5.67. The summed E-state index contributed by atoms with van der Waals surface area (Å²) in [6, 6.07) is 0. The van der Waals surface area contributed by atoms with Gasteiger partial charge in [0.05, 0.1) is 18.7 Å². The van der Waals surface area contributed by atoms with Gasteiger partial charge in [-0.25, -0.2) is 4.98 Å². The smallest absolute Gasteiger partial charge is 0.232 e. The van der Waals surface area contributed by atoms with E-state index in [0.717, 1.165) is 6.42 Å². The zero-order chi connectivity index (χ0) is 14.8. The maximum absolute atomic E-state index is 12.4. The summed E-state index contributed by atoms with van der Waals surface area (Å²) >= 11 is 0. The van der Waals surface area contributed by atoms with Gasteiger partial charge in [-0.3, -0.25) is 14.6 Å². The average molecular weight is 290 g/mol. The Morgan fingerprint density at radius 1 is 1.38 bits per heavy atom. The Kier molecular flexibility index (Phi) is 3.72. The molecule has 2 aliphatic heterocycles. The van der Waals surface area contributed by atoms with Crippen LogP contribution in [0.2, 0.25) is 0 Å². The second-order valence-electron chi connectivity index (χ2n) is 5.53. The lowest BCUT2D eigenvalue weighted by Crippen LogP contribution is -2.36. The quantitative estimate of drug-likeness (QED) is 0.779. The first-order chi connectivity index (χ1) is 10.1. The van der Waals surface area contributed by atoms with Crippen molar-refractivity contribution in [2.24, 2.45) is 5.92 Å². The van der Waals surface area contributed by atoms with Gasteiger partial charge in [-0.05, 0) is 0 Å². The van der Waals surface area contributed by atoms with Crippen LogP contribution >= 0.6 is 0 Å². The topological polar surface area (TPSA) is 75.6 Å². The minimum absolute atomic E-state index is 0.0416. The third-order valence-corrected chi connectivity index (χ3v) is 3.97. The van der Waals surface area contributed by atoms with Crippen molar-refractivity contribution in [3.63, 3.8) is 0 Å². The van der Waals surface area contributed by atoms with Crippen molar-refractivity contribution in [2.45, 2.75) is 18.9 Å². The highest BCUT2D eigenvalue weighted by atomic mass is 16.5. The molecule has 1 aromatic heterocycles. The van der Waals surface area contributed by atoms with Crippen molar-refractivity contribution in [3.8, 4) is 5.88 Å². The summed E-state index contributed by atoms with van der Waals surface area (Å²) in [7, 11) is 1.74. The Balaban J connectivity index is 1.55. The van der Waals surface area contributed by atoms with Crippen LogP contribution < -0.4 is 4.74 Å². The molecule has 1 aromatic rings. The molecule has 0 N–H and O–H groups in total. The first-order valence-electron chi connectivity index (χ1n) is 7.09. The SMILES string of the molecule is CN1CC(C(=O)N2CCC(Oc3cnccn3)C2)CC1=O. The zero-order valence-electron chi connectivity index (χ0n) is 11.9. The molecule has 3 rings (SSSR count). The summed E-state index contributed by atoms with van der Waals surface area (Å²) in [5, 5.41) is 0. The lowest BCUT2D eigenvalue weighted by molar-refractivity contribution is -0.135. The minimum atomic E-state index is -0.210. The number of likely N-dealkylation sites (tertiary alicyclic amines) is 2. The standard InChI is InChI=1S/C14H18N4O3/c1-17-8-10(6-13(17)19)14(20)18-5-2-11(9-18)21-12-7-15-3-4-16-12/h3-4,7,10-11H,2,5-6,8-9H2,1H3. The summed E-state index contributed by atoms with van der Waals surface area (Å²) in [4.78, 5) is 35.4. The van der Waals surface area contributed by atoms with Crippen LogP contribution in [0.4, 0.5) is 0 Å². The van der Waals surface area contributed by atoms with Crippen molar-refractivity contribution in [3.05, 3.63) is 18.6 Å². The maximum atomic E-state index is 12.4. The van der Waals surface area contributed by atoms with E-state index in [1.165, 1.54) is 0 Å². The van der Waals surface area contributed by atoms with Crippen LogP contribution in [0.1, 0.15) is 12.8 Å². The van der Waals surface area contributed by atoms with Crippen molar-refractivity contribution < 1.29 is 14.3 Å². The molecule has 2 amide bonds. The number of hydrogen-bond acceptors (Lipinski definition) is 5. The monoisotopic (exact) mass is 290 g/mol. The molecule has 2 aliphatic rings. The van der Waals surface area contributed by atoms with E-state index in [0.29, 0.717) is 31.9 Å². The molecule has 7 heteroatoms. The third-order valence-electron chi connectivity index (χ3n) is 3.97. The molecule has 0 aliphatic carbocycles. The Bertz CT molecular complexity index is 536. The molecular formula is C14H18N4O3. The van der Waals surface area contributed by atoms with E-state index >= 15 is 0 Å². The maximum Gasteiger partial charge on any atom is 0.232 e. The van der Waals surface area contributed by atoms with E-state index in [1.54, 1.807) is 35.4 Å². The molecule has 0 radical (unpaired) electrons. The van der Waals surface area contributed by atoms with E-state index in [2.05, 4.69) is 9.97 Å². The number of ether oxygens (including phenoxy) is 1. The second-order valence-corrected chi connectivity index (χ2v) is 5.53. The van der Waals surface area contributed by atoms with E-state index in [9.17, 15) is 9.59 Å². The molecule has 0 aromatic carbocycles. The van der Waals surface area contributed by atoms with Crippen molar-refractivity contribution in [2.75, 3.05) is 26.7 Å². The first kappa shape index (κ1) is 13.8. The molecule has 0 spiro atoms. The van der Waals surface area contributed by atoms with Crippen molar-refractivity contribution in [1.82, 2.24) is 19.8 Å². The average Bonchev–Trinajstić information content (AvgIpc) is 3.07. The lowest BCUT2D eigenvalue weighted by Gasteiger charge is -2.20. The number of amides is 2. The van der Waals surface area contributed by atoms with E-state index in [-0.39, 0.29) is 23.8 Å². The van der Waals surface area contributed by atoms with Crippen LogP contribution in [0.5, 0.6) is 5.88 Å². The van der Waals surface area contributed by atoms with Crippen LogP contribution in [-0.2, 0) is 9.59 Å². The zero-order valence-corrected chi connectivity index (χ0v) is 11.9. The Labute approximate surface area is 122 Å². The third kappa shape index (κ3) is 2.96. The number of aromatic nitrogens is 2. The molecule has 7 nitrogen and oxygen atoms in total. The Morgan fingerprint density at radius 2 is 2.24 bits per heavy atom. The fraction of sp³-hybridized carbons (Fsp3) is 0.571. The Hall–Kier alpha value is -2.18. The van der Waals surface area contributed by atoms with Gasteiger partial charge in [0.15, 0.2) is 0 Å². The summed E-state index contributed by atoms with van der Waals surface area (Å²) in [5.41, 5.74) is 0. The number of rotatable bonds is 3. The number of carbonyl (C=O) groups is 2. The molecule has 2 unspecified atom stereocenters. The van der Waals surface area contributed by atoms with Gasteiger partial charge in [0.1, 0.15) is 6.10 Å². The van der Waals surface area contributed by atoms with Crippen LogP contribution in [0, 0.1) is 5.92 Å². The van der Waals surface area contributed by atoms with E-state index in [4.69, 9.17) is 4.74 Å². The van der Waals surface area contributed by atoms with Gasteiger partial charge in [0, 0.05) is 45.4 Å². The van der Waals surface area contributed by atoms with Gasteiger partial charge < -0.3 is 14.5 Å². The van der Waals surface area contributed by atoms with Gasteiger partial charge in [0.2, 0.25) is 17.7 Å². The molecule has 2 fully saturated rings. The minimum Gasteiger partial charge on any atom is -0.471 e. The largest absolute Gasteiger partial charge is 0.471 e. The highest BCUT2D eigenvalue weighted by Crippen LogP contribution is 2.22.